The number of aromatic hydroxyl groups is 2. The summed E-state index contributed by atoms with van der Waals surface area (Å²) in [5.74, 6) is 1.43. The summed E-state index contributed by atoms with van der Waals surface area (Å²) < 4.78 is 0. The van der Waals surface area contributed by atoms with Crippen LogP contribution in [-0.4, -0.2) is 21.6 Å². The molecule has 0 amide bonds. The van der Waals surface area contributed by atoms with Crippen LogP contribution < -0.4 is 0 Å². The Labute approximate surface area is 193 Å². The number of hydrogen-bond donors (Lipinski definition) is 4. The SMILES string of the molecule is CC(C)c1cc(CC(=N)C(=N)Cc2cc(C(C)C)cc(C(C)C)c2O)c(O)c(C(C)C)c1. The van der Waals surface area contributed by atoms with Crippen molar-refractivity contribution in [2.75, 3.05) is 0 Å². The van der Waals surface area contributed by atoms with Gasteiger partial charge in [-0.15, -0.1) is 0 Å². The van der Waals surface area contributed by atoms with Crippen molar-refractivity contribution in [1.29, 1.82) is 10.8 Å². The molecule has 0 fully saturated rings. The molecule has 0 saturated heterocycles. The first kappa shape index (κ1) is 25.6. The molecule has 4 nitrogen and oxygen atoms in total. The van der Waals surface area contributed by atoms with Gasteiger partial charge >= 0.3 is 0 Å². The summed E-state index contributed by atoms with van der Waals surface area (Å²) in [6.07, 6.45) is 0.402. The van der Waals surface area contributed by atoms with Gasteiger partial charge in [0, 0.05) is 24.0 Å². The highest BCUT2D eigenvalue weighted by atomic mass is 16.3. The molecule has 32 heavy (non-hydrogen) atoms. The second-order valence-corrected chi connectivity index (χ2v) is 10.2. The maximum atomic E-state index is 10.8. The van der Waals surface area contributed by atoms with Crippen molar-refractivity contribution in [3.8, 4) is 11.5 Å². The zero-order valence-corrected chi connectivity index (χ0v) is 20.9. The van der Waals surface area contributed by atoms with E-state index < -0.39 is 0 Å². The van der Waals surface area contributed by atoms with Crippen LogP contribution in [0.1, 0.15) is 112 Å². The van der Waals surface area contributed by atoms with Crippen LogP contribution in [0.15, 0.2) is 24.3 Å². The molecule has 0 bridgehead atoms. The monoisotopic (exact) mass is 436 g/mol. The molecule has 0 spiro atoms. The van der Waals surface area contributed by atoms with E-state index in [9.17, 15) is 10.2 Å². The van der Waals surface area contributed by atoms with Gasteiger partial charge in [0.15, 0.2) is 0 Å². The summed E-state index contributed by atoms with van der Waals surface area (Å²) in [4.78, 5) is 0. The number of phenolic OH excluding ortho intramolecular Hbond substituents is 2. The summed E-state index contributed by atoms with van der Waals surface area (Å²) in [6, 6.07) is 8.01. The van der Waals surface area contributed by atoms with Crippen molar-refractivity contribution >= 4 is 11.4 Å². The first-order valence-electron chi connectivity index (χ1n) is 11.7. The largest absolute Gasteiger partial charge is 0.507 e. The first-order valence-corrected chi connectivity index (χ1v) is 11.7. The van der Waals surface area contributed by atoms with Gasteiger partial charge < -0.3 is 21.0 Å². The molecule has 0 aromatic heterocycles. The number of hydrogen-bond acceptors (Lipinski definition) is 4. The highest BCUT2D eigenvalue weighted by molar-refractivity contribution is 6.40. The quantitative estimate of drug-likeness (QED) is 0.308. The number of benzene rings is 2. The Hall–Kier alpha value is -2.62. The van der Waals surface area contributed by atoms with E-state index in [-0.39, 0.29) is 47.6 Å². The fourth-order valence-corrected chi connectivity index (χ4v) is 3.90. The fourth-order valence-electron chi connectivity index (χ4n) is 3.90. The van der Waals surface area contributed by atoms with Crippen LogP contribution >= 0.6 is 0 Å². The van der Waals surface area contributed by atoms with Gasteiger partial charge in [-0.2, -0.15) is 0 Å². The van der Waals surface area contributed by atoms with E-state index in [2.05, 4.69) is 27.7 Å². The molecule has 0 aliphatic carbocycles. The van der Waals surface area contributed by atoms with Gasteiger partial charge in [-0.1, -0.05) is 79.7 Å². The molecule has 4 heteroatoms. The van der Waals surface area contributed by atoms with E-state index in [4.69, 9.17) is 10.8 Å². The Morgan fingerprint density at radius 1 is 0.594 bits per heavy atom. The highest BCUT2D eigenvalue weighted by Gasteiger charge is 2.20. The first-order chi connectivity index (χ1) is 14.8. The lowest BCUT2D eigenvalue weighted by molar-refractivity contribution is 0.458. The van der Waals surface area contributed by atoms with E-state index in [1.165, 1.54) is 0 Å². The molecule has 4 N–H and O–H groups in total. The fraction of sp³-hybridized carbons (Fsp3) is 0.500. The molecule has 0 saturated carbocycles. The van der Waals surface area contributed by atoms with E-state index in [0.29, 0.717) is 23.0 Å². The minimum absolute atomic E-state index is 0.163. The predicted octanol–water partition coefficient (Wildman–Crippen LogP) is 7.42. The molecule has 0 aliphatic heterocycles. The number of rotatable bonds is 9. The van der Waals surface area contributed by atoms with Crippen molar-refractivity contribution < 1.29 is 10.2 Å². The summed E-state index contributed by atoms with van der Waals surface area (Å²) in [5.41, 5.74) is 5.74. The predicted molar refractivity (Wildman–Crippen MR) is 135 cm³/mol. The third-order valence-electron chi connectivity index (χ3n) is 6.16. The van der Waals surface area contributed by atoms with Crippen molar-refractivity contribution in [3.63, 3.8) is 0 Å². The van der Waals surface area contributed by atoms with E-state index in [1.54, 1.807) is 0 Å². The minimum atomic E-state index is 0.163. The molecule has 0 heterocycles. The van der Waals surface area contributed by atoms with E-state index in [0.717, 1.165) is 22.3 Å². The maximum absolute atomic E-state index is 10.8. The molecule has 174 valence electrons. The lowest BCUT2D eigenvalue weighted by Crippen LogP contribution is -2.18. The van der Waals surface area contributed by atoms with E-state index in [1.807, 2.05) is 52.0 Å². The van der Waals surface area contributed by atoms with Crippen LogP contribution in [0.25, 0.3) is 0 Å². The summed E-state index contributed by atoms with van der Waals surface area (Å²) in [6.45, 7) is 16.7. The van der Waals surface area contributed by atoms with Gasteiger partial charge in [-0.3, -0.25) is 0 Å². The zero-order valence-electron chi connectivity index (χ0n) is 20.9. The molecule has 0 unspecified atom stereocenters. The van der Waals surface area contributed by atoms with Crippen LogP contribution in [0.4, 0.5) is 0 Å². The Morgan fingerprint density at radius 3 is 1.16 bits per heavy atom. The van der Waals surface area contributed by atoms with Gasteiger partial charge in [-0.05, 0) is 45.9 Å². The van der Waals surface area contributed by atoms with Gasteiger partial charge in [0.1, 0.15) is 11.5 Å². The molecular weight excluding hydrogens is 396 g/mol. The third kappa shape index (κ3) is 5.79. The Kier molecular flexibility index (Phi) is 8.28. The van der Waals surface area contributed by atoms with Gasteiger partial charge in [0.2, 0.25) is 0 Å². The number of phenols is 2. The van der Waals surface area contributed by atoms with E-state index >= 15 is 0 Å². The van der Waals surface area contributed by atoms with Gasteiger partial charge in [0.05, 0.1) is 11.4 Å². The normalized spacial score (nSPS) is 11.8. The van der Waals surface area contributed by atoms with Crippen LogP contribution in [-0.2, 0) is 12.8 Å². The Balaban J connectivity index is 2.35. The summed E-state index contributed by atoms with van der Waals surface area (Å²) >= 11 is 0. The molecule has 0 aliphatic rings. The Bertz CT molecular complexity index is 919. The molecule has 2 rings (SSSR count). The molecule has 2 aromatic rings. The highest BCUT2D eigenvalue weighted by Crippen LogP contribution is 2.35. The average molecular weight is 437 g/mol. The molecule has 2 aromatic carbocycles. The lowest BCUT2D eigenvalue weighted by Gasteiger charge is -2.19. The molecular formula is C28H40N2O2. The minimum Gasteiger partial charge on any atom is -0.507 e. The molecule has 0 radical (unpaired) electrons. The van der Waals surface area contributed by atoms with Crippen LogP contribution in [0, 0.1) is 10.8 Å². The summed E-state index contributed by atoms with van der Waals surface area (Å²) in [7, 11) is 0. The van der Waals surface area contributed by atoms with Gasteiger partial charge in [-0.25, -0.2) is 0 Å². The van der Waals surface area contributed by atoms with Crippen LogP contribution in [0.3, 0.4) is 0 Å². The second kappa shape index (κ2) is 10.3. The zero-order chi connectivity index (χ0) is 24.3. The summed E-state index contributed by atoms with van der Waals surface area (Å²) in [5, 5.41) is 38.8. The number of nitrogens with one attached hydrogen (secondary N) is 2. The van der Waals surface area contributed by atoms with Crippen molar-refractivity contribution in [2.24, 2.45) is 0 Å². The second-order valence-electron chi connectivity index (χ2n) is 10.2. The third-order valence-corrected chi connectivity index (χ3v) is 6.16. The van der Waals surface area contributed by atoms with Crippen molar-refractivity contribution in [2.45, 2.75) is 91.9 Å². The van der Waals surface area contributed by atoms with Gasteiger partial charge in [0.25, 0.3) is 0 Å². The van der Waals surface area contributed by atoms with Crippen LogP contribution in [0.5, 0.6) is 11.5 Å². The topological polar surface area (TPSA) is 88.2 Å². The van der Waals surface area contributed by atoms with Crippen LogP contribution in [0.2, 0.25) is 0 Å². The van der Waals surface area contributed by atoms with Crippen molar-refractivity contribution in [3.05, 3.63) is 57.6 Å². The standard InChI is InChI=1S/C28H40N2O2/c1-15(2)19-9-21(27(31)23(11-19)17(5)6)13-25(29)26(30)14-22-10-20(16(3)4)12-24(18(7)8)28(22)32/h9-12,15-18,29-32H,13-14H2,1-8H3. The maximum Gasteiger partial charge on any atom is 0.122 e. The average Bonchev–Trinajstić information content (AvgIpc) is 2.69. The van der Waals surface area contributed by atoms with Crippen molar-refractivity contribution in [1.82, 2.24) is 0 Å². The smallest absolute Gasteiger partial charge is 0.122 e. The lowest BCUT2D eigenvalue weighted by atomic mass is 9.88. The Morgan fingerprint density at radius 2 is 0.906 bits per heavy atom. The molecule has 0 atom stereocenters.